The highest BCUT2D eigenvalue weighted by molar-refractivity contribution is 7.93. The Morgan fingerprint density at radius 1 is 1.17 bits per heavy atom. The molecule has 0 atom stereocenters. The van der Waals surface area contributed by atoms with Crippen molar-refractivity contribution in [3.05, 3.63) is 35.5 Å². The molecule has 5 rings (SSSR count). The summed E-state index contributed by atoms with van der Waals surface area (Å²) >= 11 is 0. The Morgan fingerprint density at radius 3 is 2.52 bits per heavy atom. The molecule has 0 unspecified atom stereocenters. The van der Waals surface area contributed by atoms with Crippen LogP contribution in [0.5, 0.6) is 0 Å². The average molecular weight is 418 g/mol. The third kappa shape index (κ3) is 3.20. The van der Waals surface area contributed by atoms with Gasteiger partial charge in [0.2, 0.25) is 5.95 Å². The summed E-state index contributed by atoms with van der Waals surface area (Å²) < 4.78 is 45.4. The Hall–Kier alpha value is -2.13. The van der Waals surface area contributed by atoms with Crippen molar-refractivity contribution >= 4 is 15.8 Å². The summed E-state index contributed by atoms with van der Waals surface area (Å²) in [5.74, 6) is 0.00280. The number of anilines is 1. The van der Waals surface area contributed by atoms with Gasteiger partial charge in [0.1, 0.15) is 10.6 Å². The molecule has 1 saturated heterocycles. The Balaban J connectivity index is 1.64. The number of nitrogens with zero attached hydrogens (tertiary/aromatic N) is 4. The average Bonchev–Trinajstić information content (AvgIpc) is 3.61. The van der Waals surface area contributed by atoms with Crippen molar-refractivity contribution in [2.45, 2.75) is 42.6 Å². The van der Waals surface area contributed by atoms with Gasteiger partial charge < -0.3 is 9.64 Å². The van der Waals surface area contributed by atoms with Crippen LogP contribution in [0, 0.1) is 12.7 Å². The van der Waals surface area contributed by atoms with Crippen molar-refractivity contribution in [2.24, 2.45) is 0 Å². The molecule has 0 aromatic carbocycles. The highest BCUT2D eigenvalue weighted by Crippen LogP contribution is 2.57. The lowest BCUT2D eigenvalue weighted by atomic mass is 10.1. The van der Waals surface area contributed by atoms with E-state index in [4.69, 9.17) is 4.74 Å². The summed E-state index contributed by atoms with van der Waals surface area (Å²) in [6.07, 6.45) is 4.00. The van der Waals surface area contributed by atoms with E-state index in [1.54, 1.807) is 13.0 Å². The summed E-state index contributed by atoms with van der Waals surface area (Å²) in [5.41, 5.74) is 1.69. The summed E-state index contributed by atoms with van der Waals surface area (Å²) in [6, 6.07) is 3.01. The first-order valence-electron chi connectivity index (χ1n) is 9.99. The molecule has 0 spiro atoms. The predicted octanol–water partition coefficient (Wildman–Crippen LogP) is 2.39. The zero-order valence-electron chi connectivity index (χ0n) is 16.3. The maximum Gasteiger partial charge on any atom is 0.226 e. The lowest BCUT2D eigenvalue weighted by Crippen LogP contribution is -2.38. The fourth-order valence-corrected chi connectivity index (χ4v) is 6.38. The molecule has 0 N–H and O–H groups in total. The minimum Gasteiger partial charge on any atom is -0.378 e. The molecule has 7 nitrogen and oxygen atoms in total. The number of hydrogen-bond donors (Lipinski definition) is 0. The number of hydrogen-bond acceptors (Lipinski definition) is 7. The van der Waals surface area contributed by atoms with Gasteiger partial charge >= 0.3 is 0 Å². The van der Waals surface area contributed by atoms with Crippen LogP contribution < -0.4 is 4.90 Å². The van der Waals surface area contributed by atoms with Crippen LogP contribution in [0.15, 0.2) is 18.3 Å². The molecule has 9 heteroatoms. The van der Waals surface area contributed by atoms with Gasteiger partial charge in [-0.1, -0.05) is 0 Å². The second-order valence-electron chi connectivity index (χ2n) is 8.08. The van der Waals surface area contributed by atoms with Crippen LogP contribution in [-0.4, -0.2) is 54.9 Å². The van der Waals surface area contributed by atoms with Crippen LogP contribution >= 0.6 is 0 Å². The van der Waals surface area contributed by atoms with Gasteiger partial charge in [0.15, 0.2) is 9.84 Å². The van der Waals surface area contributed by atoms with E-state index in [1.807, 2.05) is 4.90 Å². The van der Waals surface area contributed by atoms with Gasteiger partial charge in [0.25, 0.3) is 0 Å². The molecule has 2 aliphatic carbocycles. The largest absolute Gasteiger partial charge is 0.378 e. The smallest absolute Gasteiger partial charge is 0.226 e. The molecule has 3 aliphatic rings. The number of rotatable bonds is 5. The summed E-state index contributed by atoms with van der Waals surface area (Å²) in [6.45, 7) is 4.04. The van der Waals surface area contributed by atoms with Crippen molar-refractivity contribution in [1.82, 2.24) is 15.0 Å². The minimum absolute atomic E-state index is 0.258. The van der Waals surface area contributed by atoms with Crippen molar-refractivity contribution in [3.63, 3.8) is 0 Å². The number of ether oxygens (including phenoxy) is 1. The molecule has 0 amide bonds. The molecule has 29 heavy (non-hydrogen) atoms. The monoisotopic (exact) mass is 418 g/mol. The fourth-order valence-electron chi connectivity index (χ4n) is 3.92. The molecule has 0 radical (unpaired) electrons. The molecule has 3 heterocycles. The Labute approximate surface area is 169 Å². The lowest BCUT2D eigenvalue weighted by Gasteiger charge is -2.28. The summed E-state index contributed by atoms with van der Waals surface area (Å²) in [5, 5.41) is -0.270. The third-order valence-corrected chi connectivity index (χ3v) is 9.01. The van der Waals surface area contributed by atoms with Gasteiger partial charge in [-0.05, 0) is 44.7 Å². The number of halogens is 1. The predicted molar refractivity (Wildman–Crippen MR) is 106 cm³/mol. The van der Waals surface area contributed by atoms with Crippen LogP contribution in [-0.2, 0) is 19.3 Å². The van der Waals surface area contributed by atoms with Gasteiger partial charge in [-0.2, -0.15) is 0 Å². The van der Waals surface area contributed by atoms with Crippen molar-refractivity contribution in [2.75, 3.05) is 31.2 Å². The maximum absolute atomic E-state index is 14.7. The molecule has 2 aromatic heterocycles. The molecule has 3 fully saturated rings. The normalized spacial score (nSPS) is 21.2. The number of aromatic nitrogens is 3. The topological polar surface area (TPSA) is 85.3 Å². The lowest BCUT2D eigenvalue weighted by molar-refractivity contribution is 0.122. The fraction of sp³-hybridized carbons (Fsp3) is 0.550. The van der Waals surface area contributed by atoms with Gasteiger partial charge in [-0.3, -0.25) is 4.98 Å². The first kappa shape index (κ1) is 18.9. The number of aryl methyl sites for hydroxylation is 1. The highest BCUT2D eigenvalue weighted by atomic mass is 32.2. The minimum atomic E-state index is -3.31. The van der Waals surface area contributed by atoms with Gasteiger partial charge in [0.05, 0.1) is 35.4 Å². The standard InChI is InChI=1S/C20H23FN4O3S/c1-13-10-16(21)15(12-22-13)17-11-18(20(4-5-20)29(26,27)14-2-3-14)24-19(23-17)25-6-8-28-9-7-25/h10-12,14H,2-9H2,1H3. The maximum atomic E-state index is 14.7. The van der Waals surface area contributed by atoms with E-state index in [0.717, 1.165) is 12.8 Å². The van der Waals surface area contributed by atoms with E-state index in [0.29, 0.717) is 62.2 Å². The summed E-state index contributed by atoms with van der Waals surface area (Å²) in [4.78, 5) is 15.4. The highest BCUT2D eigenvalue weighted by Gasteiger charge is 2.61. The zero-order chi connectivity index (χ0) is 20.2. The van der Waals surface area contributed by atoms with E-state index in [-0.39, 0.29) is 10.8 Å². The quantitative estimate of drug-likeness (QED) is 0.737. The SMILES string of the molecule is Cc1cc(F)c(-c2cc(C3(S(=O)(=O)C4CC4)CC3)nc(N3CCOCC3)n2)cn1. The van der Waals surface area contributed by atoms with Crippen LogP contribution in [0.3, 0.4) is 0 Å². The first-order valence-corrected chi connectivity index (χ1v) is 11.5. The molecule has 2 aromatic rings. The molecule has 1 aliphatic heterocycles. The van der Waals surface area contributed by atoms with Gasteiger partial charge in [-0.25, -0.2) is 22.8 Å². The first-order chi connectivity index (χ1) is 13.9. The number of morpholine rings is 1. The Bertz CT molecular complexity index is 1060. The van der Waals surface area contributed by atoms with Crippen LogP contribution in [0.4, 0.5) is 10.3 Å². The van der Waals surface area contributed by atoms with Crippen LogP contribution in [0.25, 0.3) is 11.3 Å². The molecule has 0 bridgehead atoms. The Kier molecular flexibility index (Phi) is 4.36. The number of pyridine rings is 1. The second kappa shape index (κ2) is 6.70. The van der Waals surface area contributed by atoms with Crippen molar-refractivity contribution < 1.29 is 17.5 Å². The van der Waals surface area contributed by atoms with E-state index >= 15 is 0 Å². The molecular weight excluding hydrogens is 395 g/mol. The van der Waals surface area contributed by atoms with Crippen molar-refractivity contribution in [1.29, 1.82) is 0 Å². The van der Waals surface area contributed by atoms with Gasteiger partial charge in [0, 0.05) is 25.0 Å². The zero-order valence-corrected chi connectivity index (χ0v) is 17.1. The summed E-state index contributed by atoms with van der Waals surface area (Å²) in [7, 11) is -3.31. The third-order valence-electron chi connectivity index (χ3n) is 5.95. The van der Waals surface area contributed by atoms with Crippen LogP contribution in [0.1, 0.15) is 37.1 Å². The van der Waals surface area contributed by atoms with E-state index < -0.39 is 20.4 Å². The second-order valence-corrected chi connectivity index (χ2v) is 10.6. The molecule has 2 saturated carbocycles. The van der Waals surface area contributed by atoms with Gasteiger partial charge in [-0.15, -0.1) is 0 Å². The van der Waals surface area contributed by atoms with Crippen molar-refractivity contribution in [3.8, 4) is 11.3 Å². The number of sulfone groups is 1. The molecule has 154 valence electrons. The molecular formula is C20H23FN4O3S. The van der Waals surface area contributed by atoms with Crippen LogP contribution in [0.2, 0.25) is 0 Å². The van der Waals surface area contributed by atoms with E-state index in [9.17, 15) is 12.8 Å². The van der Waals surface area contributed by atoms with E-state index in [1.165, 1.54) is 12.3 Å². The van der Waals surface area contributed by atoms with E-state index in [2.05, 4.69) is 15.0 Å². The Morgan fingerprint density at radius 2 is 1.90 bits per heavy atom.